The van der Waals surface area contributed by atoms with Crippen LogP contribution in [0.2, 0.25) is 10.0 Å². The van der Waals surface area contributed by atoms with E-state index in [2.05, 4.69) is 5.32 Å². The van der Waals surface area contributed by atoms with Crippen molar-refractivity contribution < 1.29 is 19.1 Å². The van der Waals surface area contributed by atoms with Crippen molar-refractivity contribution in [2.24, 2.45) is 0 Å². The van der Waals surface area contributed by atoms with Gasteiger partial charge < -0.3 is 14.8 Å². The fourth-order valence-electron chi connectivity index (χ4n) is 3.43. The zero-order valence-corrected chi connectivity index (χ0v) is 21.2. The first-order valence-electron chi connectivity index (χ1n) is 11.3. The second-order valence-electron chi connectivity index (χ2n) is 7.71. The van der Waals surface area contributed by atoms with Crippen molar-refractivity contribution in [3.8, 4) is 5.75 Å². The van der Waals surface area contributed by atoms with Gasteiger partial charge in [0.05, 0.1) is 0 Å². The summed E-state index contributed by atoms with van der Waals surface area (Å²) in [6.45, 7) is 3.94. The Hall–Kier alpha value is -3.28. The standard InChI is InChI=1S/C28H27Cl2NO4/c1-3-20-7-5-8-21(4-2)28(20)31-26(32)18-35-27(33)16-13-19-11-14-22(15-12-19)34-17-23-24(29)9-6-10-25(23)30/h5-16H,3-4,17-18H2,1-2H3,(H,31,32)/b16-13+. The lowest BCUT2D eigenvalue weighted by atomic mass is 10.0. The Labute approximate surface area is 215 Å². The molecule has 0 aliphatic rings. The predicted octanol–water partition coefficient (Wildman–Crippen LogP) is 6.89. The molecular weight excluding hydrogens is 485 g/mol. The molecule has 1 N–H and O–H groups in total. The van der Waals surface area contributed by atoms with Crippen molar-refractivity contribution in [1.29, 1.82) is 0 Å². The van der Waals surface area contributed by atoms with E-state index in [9.17, 15) is 9.59 Å². The molecule has 1 amide bonds. The number of halogens is 2. The van der Waals surface area contributed by atoms with Gasteiger partial charge in [0.15, 0.2) is 6.61 Å². The molecule has 0 aromatic heterocycles. The number of anilines is 1. The molecule has 0 saturated carbocycles. The molecule has 0 bridgehead atoms. The molecule has 0 saturated heterocycles. The quantitative estimate of drug-likeness (QED) is 0.237. The van der Waals surface area contributed by atoms with Crippen LogP contribution in [0.25, 0.3) is 6.08 Å². The van der Waals surface area contributed by atoms with Crippen molar-refractivity contribution >= 4 is 46.8 Å². The molecule has 0 aliphatic carbocycles. The Bertz CT molecular complexity index is 1160. The molecule has 182 valence electrons. The molecule has 0 unspecified atom stereocenters. The maximum Gasteiger partial charge on any atom is 0.331 e. The summed E-state index contributed by atoms with van der Waals surface area (Å²) in [5.74, 6) is -0.341. The molecule has 3 rings (SSSR count). The van der Waals surface area contributed by atoms with Crippen LogP contribution in [0.4, 0.5) is 5.69 Å². The molecule has 3 aromatic carbocycles. The Morgan fingerprint density at radius 1 is 0.886 bits per heavy atom. The number of ether oxygens (including phenoxy) is 2. The third-order valence-electron chi connectivity index (χ3n) is 5.35. The summed E-state index contributed by atoms with van der Waals surface area (Å²) in [7, 11) is 0. The fraction of sp³-hybridized carbons (Fsp3) is 0.214. The Morgan fingerprint density at radius 3 is 2.09 bits per heavy atom. The first-order chi connectivity index (χ1) is 16.9. The summed E-state index contributed by atoms with van der Waals surface area (Å²) in [6.07, 6.45) is 4.48. The van der Waals surface area contributed by atoms with Crippen LogP contribution in [0, 0.1) is 0 Å². The second kappa shape index (κ2) is 13.0. The highest BCUT2D eigenvalue weighted by Crippen LogP contribution is 2.26. The summed E-state index contributed by atoms with van der Waals surface area (Å²) < 4.78 is 10.8. The van der Waals surface area contributed by atoms with Crippen molar-refractivity contribution in [3.05, 3.63) is 99.0 Å². The third-order valence-corrected chi connectivity index (χ3v) is 6.05. The van der Waals surface area contributed by atoms with Crippen molar-refractivity contribution in [1.82, 2.24) is 0 Å². The number of rotatable bonds is 10. The monoisotopic (exact) mass is 511 g/mol. The molecule has 0 aliphatic heterocycles. The molecule has 0 fully saturated rings. The van der Waals surface area contributed by atoms with E-state index < -0.39 is 5.97 Å². The fourth-order valence-corrected chi connectivity index (χ4v) is 3.94. The number of nitrogens with one attached hydrogen (secondary N) is 1. The van der Waals surface area contributed by atoms with Crippen LogP contribution in [0.1, 0.15) is 36.1 Å². The van der Waals surface area contributed by atoms with Crippen LogP contribution >= 0.6 is 23.2 Å². The largest absolute Gasteiger partial charge is 0.489 e. The minimum absolute atomic E-state index is 0.241. The number of esters is 1. The van der Waals surface area contributed by atoms with E-state index in [0.717, 1.165) is 40.8 Å². The van der Waals surface area contributed by atoms with Crippen LogP contribution in [0.5, 0.6) is 5.75 Å². The Kier molecular flexibility index (Phi) is 9.76. The minimum Gasteiger partial charge on any atom is -0.489 e. The molecule has 0 atom stereocenters. The van der Waals surface area contributed by atoms with Crippen LogP contribution < -0.4 is 10.1 Å². The van der Waals surface area contributed by atoms with Gasteiger partial charge in [0, 0.05) is 27.4 Å². The number of benzene rings is 3. The van der Waals surface area contributed by atoms with E-state index in [-0.39, 0.29) is 19.1 Å². The van der Waals surface area contributed by atoms with E-state index in [4.69, 9.17) is 32.7 Å². The summed E-state index contributed by atoms with van der Waals surface area (Å²) in [5.41, 5.74) is 4.39. The molecule has 5 nitrogen and oxygen atoms in total. The molecule has 7 heteroatoms. The van der Waals surface area contributed by atoms with Crippen LogP contribution in [-0.2, 0) is 33.8 Å². The van der Waals surface area contributed by atoms with Gasteiger partial charge in [-0.05, 0) is 59.9 Å². The van der Waals surface area contributed by atoms with E-state index in [1.54, 1.807) is 48.5 Å². The lowest BCUT2D eigenvalue weighted by molar-refractivity contribution is -0.142. The zero-order chi connectivity index (χ0) is 25.2. The summed E-state index contributed by atoms with van der Waals surface area (Å²) in [6, 6.07) is 18.4. The van der Waals surface area contributed by atoms with Gasteiger partial charge in [0.2, 0.25) is 0 Å². The number of para-hydroxylation sites is 1. The summed E-state index contributed by atoms with van der Waals surface area (Å²) in [5, 5.41) is 3.97. The van der Waals surface area contributed by atoms with E-state index in [0.29, 0.717) is 15.8 Å². The highest BCUT2D eigenvalue weighted by Gasteiger charge is 2.11. The molecule has 0 heterocycles. The molecule has 0 radical (unpaired) electrons. The van der Waals surface area contributed by atoms with E-state index in [1.165, 1.54) is 6.08 Å². The molecule has 35 heavy (non-hydrogen) atoms. The number of carbonyl (C=O) groups is 2. The van der Waals surface area contributed by atoms with Crippen LogP contribution in [0.15, 0.2) is 66.7 Å². The van der Waals surface area contributed by atoms with Gasteiger partial charge in [-0.1, -0.05) is 73.4 Å². The Morgan fingerprint density at radius 2 is 1.49 bits per heavy atom. The number of carbonyl (C=O) groups excluding carboxylic acids is 2. The Balaban J connectivity index is 1.49. The number of amides is 1. The highest BCUT2D eigenvalue weighted by atomic mass is 35.5. The van der Waals surface area contributed by atoms with Gasteiger partial charge in [-0.3, -0.25) is 4.79 Å². The number of hydrogen-bond donors (Lipinski definition) is 1. The molecule has 0 spiro atoms. The second-order valence-corrected chi connectivity index (χ2v) is 8.52. The van der Waals surface area contributed by atoms with Gasteiger partial charge in [-0.25, -0.2) is 4.79 Å². The maximum atomic E-state index is 12.3. The van der Waals surface area contributed by atoms with Gasteiger partial charge in [-0.15, -0.1) is 0 Å². The average Bonchev–Trinajstić information content (AvgIpc) is 2.86. The average molecular weight is 512 g/mol. The number of hydrogen-bond acceptors (Lipinski definition) is 4. The third kappa shape index (κ3) is 7.61. The zero-order valence-electron chi connectivity index (χ0n) is 19.6. The first kappa shape index (κ1) is 26.3. The highest BCUT2D eigenvalue weighted by molar-refractivity contribution is 6.35. The topological polar surface area (TPSA) is 64.6 Å². The SMILES string of the molecule is CCc1cccc(CC)c1NC(=O)COC(=O)/C=C/c1ccc(OCc2c(Cl)cccc2Cl)cc1. The summed E-state index contributed by atoms with van der Waals surface area (Å²) >= 11 is 12.3. The van der Waals surface area contributed by atoms with Crippen molar-refractivity contribution in [2.45, 2.75) is 33.3 Å². The predicted molar refractivity (Wildman–Crippen MR) is 141 cm³/mol. The van der Waals surface area contributed by atoms with Gasteiger partial charge >= 0.3 is 5.97 Å². The molecular formula is C28H27Cl2NO4. The van der Waals surface area contributed by atoms with E-state index in [1.807, 2.05) is 32.0 Å². The normalized spacial score (nSPS) is 10.9. The van der Waals surface area contributed by atoms with Crippen LogP contribution in [-0.4, -0.2) is 18.5 Å². The smallest absolute Gasteiger partial charge is 0.331 e. The minimum atomic E-state index is -0.603. The van der Waals surface area contributed by atoms with Gasteiger partial charge in [-0.2, -0.15) is 0 Å². The summed E-state index contributed by atoms with van der Waals surface area (Å²) in [4.78, 5) is 24.4. The van der Waals surface area contributed by atoms with Gasteiger partial charge in [0.1, 0.15) is 12.4 Å². The lowest BCUT2D eigenvalue weighted by Gasteiger charge is -2.14. The first-order valence-corrected chi connectivity index (χ1v) is 12.1. The van der Waals surface area contributed by atoms with Crippen LogP contribution in [0.3, 0.4) is 0 Å². The maximum absolute atomic E-state index is 12.3. The van der Waals surface area contributed by atoms with E-state index >= 15 is 0 Å². The number of aryl methyl sites for hydroxylation is 2. The van der Waals surface area contributed by atoms with Crippen molar-refractivity contribution in [2.75, 3.05) is 11.9 Å². The van der Waals surface area contributed by atoms with Gasteiger partial charge in [0.25, 0.3) is 5.91 Å². The molecule has 3 aromatic rings. The van der Waals surface area contributed by atoms with Crippen molar-refractivity contribution in [3.63, 3.8) is 0 Å². The lowest BCUT2D eigenvalue weighted by Crippen LogP contribution is -2.21.